The summed E-state index contributed by atoms with van der Waals surface area (Å²) >= 11 is 0. The Balaban J connectivity index is 3.55. The van der Waals surface area contributed by atoms with Crippen LogP contribution >= 0.6 is 0 Å². The van der Waals surface area contributed by atoms with E-state index in [1.165, 1.54) is 0 Å². The van der Waals surface area contributed by atoms with Crippen molar-refractivity contribution in [1.82, 2.24) is 4.90 Å². The number of hydrogen-bond acceptors (Lipinski definition) is 2. The Kier molecular flexibility index (Phi) is 6.24. The smallest absolute Gasteiger partial charge is 0.244 e. The number of rotatable bonds is 6. The minimum Gasteiger partial charge on any atom is -0.366 e. The SMILES string of the molecule is CCN(C)CCC/C=C(\C)C(N)=O. The topological polar surface area (TPSA) is 46.3 Å². The molecular weight excluding hydrogens is 164 g/mol. The van der Waals surface area contributed by atoms with Gasteiger partial charge in [0.05, 0.1) is 0 Å². The third-order valence-electron chi connectivity index (χ3n) is 2.12. The summed E-state index contributed by atoms with van der Waals surface area (Å²) in [7, 11) is 2.09. The van der Waals surface area contributed by atoms with Crippen LogP contribution in [-0.4, -0.2) is 30.9 Å². The largest absolute Gasteiger partial charge is 0.366 e. The second-order valence-corrected chi connectivity index (χ2v) is 3.29. The van der Waals surface area contributed by atoms with E-state index >= 15 is 0 Å². The molecule has 2 N–H and O–H groups in total. The third kappa shape index (κ3) is 6.34. The Labute approximate surface area is 80.6 Å². The summed E-state index contributed by atoms with van der Waals surface area (Å²) in [5.41, 5.74) is 5.75. The van der Waals surface area contributed by atoms with Crippen LogP contribution in [0.2, 0.25) is 0 Å². The van der Waals surface area contributed by atoms with Crippen molar-refractivity contribution in [2.45, 2.75) is 26.7 Å². The lowest BCUT2D eigenvalue weighted by Crippen LogP contribution is -2.18. The van der Waals surface area contributed by atoms with Gasteiger partial charge in [-0.25, -0.2) is 0 Å². The van der Waals surface area contributed by atoms with E-state index in [4.69, 9.17) is 5.73 Å². The maximum absolute atomic E-state index is 10.6. The summed E-state index contributed by atoms with van der Waals surface area (Å²) < 4.78 is 0. The molecule has 0 bridgehead atoms. The van der Waals surface area contributed by atoms with Crippen LogP contribution in [0.25, 0.3) is 0 Å². The van der Waals surface area contributed by atoms with Crippen molar-refractivity contribution < 1.29 is 4.79 Å². The molecule has 0 aromatic carbocycles. The van der Waals surface area contributed by atoms with Crippen molar-refractivity contribution in [3.63, 3.8) is 0 Å². The molecule has 76 valence electrons. The van der Waals surface area contributed by atoms with E-state index < -0.39 is 0 Å². The molecule has 0 aromatic heterocycles. The normalized spacial score (nSPS) is 12.2. The molecule has 0 aliphatic rings. The third-order valence-corrected chi connectivity index (χ3v) is 2.12. The first-order valence-electron chi connectivity index (χ1n) is 4.73. The van der Waals surface area contributed by atoms with Gasteiger partial charge in [0.25, 0.3) is 0 Å². The predicted molar refractivity (Wildman–Crippen MR) is 55.4 cm³/mol. The number of allylic oxidation sites excluding steroid dienone is 1. The highest BCUT2D eigenvalue weighted by atomic mass is 16.1. The second kappa shape index (κ2) is 6.66. The Morgan fingerprint density at radius 1 is 1.54 bits per heavy atom. The van der Waals surface area contributed by atoms with E-state index in [9.17, 15) is 4.79 Å². The lowest BCUT2D eigenvalue weighted by atomic mass is 10.2. The summed E-state index contributed by atoms with van der Waals surface area (Å²) in [6.07, 6.45) is 3.92. The Bertz CT molecular complexity index is 187. The number of carbonyl (C=O) groups excluding carboxylic acids is 1. The molecule has 3 heteroatoms. The van der Waals surface area contributed by atoms with E-state index in [1.807, 2.05) is 6.08 Å². The quantitative estimate of drug-likeness (QED) is 0.497. The number of primary amides is 1. The maximum Gasteiger partial charge on any atom is 0.244 e. The van der Waals surface area contributed by atoms with Crippen molar-refractivity contribution in [3.05, 3.63) is 11.6 Å². The molecule has 0 radical (unpaired) electrons. The molecule has 0 aliphatic heterocycles. The average molecular weight is 184 g/mol. The molecular formula is C10H20N2O. The van der Waals surface area contributed by atoms with Crippen molar-refractivity contribution in [2.75, 3.05) is 20.1 Å². The molecule has 0 saturated heterocycles. The first-order chi connectivity index (χ1) is 6.07. The molecule has 0 unspecified atom stereocenters. The summed E-state index contributed by atoms with van der Waals surface area (Å²) in [4.78, 5) is 12.9. The van der Waals surface area contributed by atoms with Gasteiger partial charge in [-0.05, 0) is 39.9 Å². The standard InChI is InChI=1S/C10H20N2O/c1-4-12(3)8-6-5-7-9(2)10(11)13/h7H,4-6,8H2,1-3H3,(H2,11,13)/b9-7+. The van der Waals surface area contributed by atoms with E-state index in [1.54, 1.807) is 6.92 Å². The van der Waals surface area contributed by atoms with Gasteiger partial charge in [0.1, 0.15) is 0 Å². The lowest BCUT2D eigenvalue weighted by Gasteiger charge is -2.12. The Morgan fingerprint density at radius 3 is 2.62 bits per heavy atom. The van der Waals surface area contributed by atoms with E-state index in [-0.39, 0.29) is 5.91 Å². The van der Waals surface area contributed by atoms with Crippen molar-refractivity contribution in [2.24, 2.45) is 5.73 Å². The number of hydrogen-bond donors (Lipinski definition) is 1. The van der Waals surface area contributed by atoms with Crippen LogP contribution in [0.4, 0.5) is 0 Å². The number of nitrogens with zero attached hydrogens (tertiary/aromatic N) is 1. The van der Waals surface area contributed by atoms with Crippen LogP contribution in [0.15, 0.2) is 11.6 Å². The molecule has 0 fully saturated rings. The second-order valence-electron chi connectivity index (χ2n) is 3.29. The average Bonchev–Trinajstić information content (AvgIpc) is 2.11. The Morgan fingerprint density at radius 2 is 2.15 bits per heavy atom. The predicted octanol–water partition coefficient (Wildman–Crippen LogP) is 1.15. The number of carbonyl (C=O) groups is 1. The summed E-state index contributed by atoms with van der Waals surface area (Å²) in [5.74, 6) is -0.316. The van der Waals surface area contributed by atoms with Gasteiger partial charge in [-0.15, -0.1) is 0 Å². The lowest BCUT2D eigenvalue weighted by molar-refractivity contribution is -0.114. The minimum atomic E-state index is -0.316. The fraction of sp³-hybridized carbons (Fsp3) is 0.700. The van der Waals surface area contributed by atoms with Crippen LogP contribution in [0.1, 0.15) is 26.7 Å². The maximum atomic E-state index is 10.6. The van der Waals surface area contributed by atoms with Gasteiger partial charge in [-0.2, -0.15) is 0 Å². The van der Waals surface area contributed by atoms with Crippen molar-refractivity contribution >= 4 is 5.91 Å². The molecule has 0 aromatic rings. The van der Waals surface area contributed by atoms with E-state index in [0.717, 1.165) is 25.9 Å². The van der Waals surface area contributed by atoms with Crippen LogP contribution in [0.5, 0.6) is 0 Å². The van der Waals surface area contributed by atoms with Crippen molar-refractivity contribution in [1.29, 1.82) is 0 Å². The number of amides is 1. The highest BCUT2D eigenvalue weighted by Crippen LogP contribution is 1.98. The van der Waals surface area contributed by atoms with E-state index in [2.05, 4.69) is 18.9 Å². The van der Waals surface area contributed by atoms with E-state index in [0.29, 0.717) is 5.57 Å². The van der Waals surface area contributed by atoms with Gasteiger partial charge in [0.2, 0.25) is 5.91 Å². The van der Waals surface area contributed by atoms with Gasteiger partial charge in [-0.1, -0.05) is 13.0 Å². The molecule has 3 nitrogen and oxygen atoms in total. The Hall–Kier alpha value is -0.830. The van der Waals surface area contributed by atoms with Gasteiger partial charge < -0.3 is 10.6 Å². The monoisotopic (exact) mass is 184 g/mol. The molecule has 0 aliphatic carbocycles. The van der Waals surface area contributed by atoms with Crippen LogP contribution in [0, 0.1) is 0 Å². The molecule has 0 atom stereocenters. The first-order valence-corrected chi connectivity index (χ1v) is 4.73. The van der Waals surface area contributed by atoms with Gasteiger partial charge in [0, 0.05) is 5.57 Å². The zero-order valence-corrected chi connectivity index (χ0v) is 8.84. The zero-order chi connectivity index (χ0) is 10.3. The summed E-state index contributed by atoms with van der Waals surface area (Å²) in [5, 5.41) is 0. The van der Waals surface area contributed by atoms with Crippen LogP contribution in [-0.2, 0) is 4.79 Å². The van der Waals surface area contributed by atoms with Gasteiger partial charge in [0.15, 0.2) is 0 Å². The molecule has 0 rings (SSSR count). The van der Waals surface area contributed by atoms with Crippen LogP contribution in [0.3, 0.4) is 0 Å². The highest BCUT2D eigenvalue weighted by molar-refractivity contribution is 5.91. The summed E-state index contributed by atoms with van der Waals surface area (Å²) in [6, 6.07) is 0. The fourth-order valence-corrected chi connectivity index (χ4v) is 0.938. The van der Waals surface area contributed by atoms with Crippen molar-refractivity contribution in [3.8, 4) is 0 Å². The van der Waals surface area contributed by atoms with Crippen LogP contribution < -0.4 is 5.73 Å². The van der Waals surface area contributed by atoms with Gasteiger partial charge >= 0.3 is 0 Å². The summed E-state index contributed by atoms with van der Waals surface area (Å²) in [6.45, 7) is 6.02. The highest BCUT2D eigenvalue weighted by Gasteiger charge is 1.96. The molecule has 0 spiro atoms. The molecule has 13 heavy (non-hydrogen) atoms. The van der Waals surface area contributed by atoms with Gasteiger partial charge in [-0.3, -0.25) is 4.79 Å². The molecule has 1 amide bonds. The number of nitrogens with two attached hydrogens (primary N) is 1. The number of unbranched alkanes of at least 4 members (excludes halogenated alkanes) is 1. The first kappa shape index (κ1) is 12.2. The minimum absolute atomic E-state index is 0.316. The zero-order valence-electron chi connectivity index (χ0n) is 8.84. The molecule has 0 saturated carbocycles. The fourth-order valence-electron chi connectivity index (χ4n) is 0.938. The molecule has 0 heterocycles.